The predicted molar refractivity (Wildman–Crippen MR) is 123 cm³/mol. The fourth-order valence-electron chi connectivity index (χ4n) is 4.32. The van der Waals surface area contributed by atoms with Gasteiger partial charge in [-0.1, -0.05) is 18.2 Å². The Hall–Kier alpha value is -3.05. The van der Waals surface area contributed by atoms with E-state index in [1.807, 2.05) is 36.4 Å². The molecule has 0 radical (unpaired) electrons. The second-order valence-electron chi connectivity index (χ2n) is 8.78. The summed E-state index contributed by atoms with van der Waals surface area (Å²) in [4.78, 5) is 15.1. The van der Waals surface area contributed by atoms with Crippen LogP contribution in [0.4, 0.5) is 0 Å². The number of ether oxygens (including phenoxy) is 1. The maximum Gasteiger partial charge on any atom is 0.251 e. The van der Waals surface area contributed by atoms with Crippen molar-refractivity contribution in [1.29, 1.82) is 0 Å². The number of carbonyl (C=O) groups excluding carboxylic acids is 1. The zero-order chi connectivity index (χ0) is 21.4. The van der Waals surface area contributed by atoms with Gasteiger partial charge in [0.2, 0.25) is 0 Å². The van der Waals surface area contributed by atoms with Crippen LogP contribution in [0.25, 0.3) is 22.3 Å². The SMILES string of the molecule is CC1=CCc2cc3cc(-c4cccc(C(=O)NC5CCN(C)CC5)c4)oc3cc2OC1. The molecule has 5 nitrogen and oxygen atoms in total. The van der Waals surface area contributed by atoms with E-state index < -0.39 is 0 Å². The van der Waals surface area contributed by atoms with Gasteiger partial charge >= 0.3 is 0 Å². The molecule has 1 aromatic heterocycles. The van der Waals surface area contributed by atoms with Crippen molar-refractivity contribution in [3.8, 4) is 17.1 Å². The highest BCUT2D eigenvalue weighted by Gasteiger charge is 2.20. The standard InChI is InChI=1S/C26H28N2O3/c1-17-6-7-19-13-21-14-24(31-25(21)15-23(19)30-16-17)18-4-3-5-20(12-18)26(29)27-22-8-10-28(2)11-9-22/h3-6,12-15,22H,7-11,16H2,1-2H3,(H,27,29). The Bertz CT molecular complexity index is 1150. The van der Waals surface area contributed by atoms with Crippen molar-refractivity contribution >= 4 is 16.9 Å². The van der Waals surface area contributed by atoms with Crippen LogP contribution < -0.4 is 10.1 Å². The summed E-state index contributed by atoms with van der Waals surface area (Å²) in [6, 6.07) is 14.1. The Labute approximate surface area is 182 Å². The minimum atomic E-state index is -0.0187. The Balaban J connectivity index is 1.38. The van der Waals surface area contributed by atoms with Crippen LogP contribution in [0.5, 0.6) is 5.75 Å². The molecule has 1 saturated heterocycles. The predicted octanol–water partition coefficient (Wildman–Crippen LogP) is 4.81. The van der Waals surface area contributed by atoms with Crippen molar-refractivity contribution in [2.75, 3.05) is 26.7 Å². The van der Waals surface area contributed by atoms with Gasteiger partial charge in [-0.3, -0.25) is 4.79 Å². The number of nitrogens with zero attached hydrogens (tertiary/aromatic N) is 1. The average Bonchev–Trinajstić information content (AvgIpc) is 3.11. The molecular weight excluding hydrogens is 388 g/mol. The van der Waals surface area contributed by atoms with Crippen molar-refractivity contribution < 1.29 is 13.9 Å². The van der Waals surface area contributed by atoms with E-state index in [4.69, 9.17) is 9.15 Å². The lowest BCUT2D eigenvalue weighted by atomic mass is 10.0. The van der Waals surface area contributed by atoms with Gasteiger partial charge in [0.1, 0.15) is 23.7 Å². The highest BCUT2D eigenvalue weighted by molar-refractivity contribution is 5.96. The first-order chi connectivity index (χ1) is 15.0. The van der Waals surface area contributed by atoms with Crippen molar-refractivity contribution in [3.63, 3.8) is 0 Å². The third kappa shape index (κ3) is 4.23. The van der Waals surface area contributed by atoms with Crippen LogP contribution in [0.3, 0.4) is 0 Å². The number of hydrogen-bond acceptors (Lipinski definition) is 4. The minimum Gasteiger partial charge on any atom is -0.489 e. The van der Waals surface area contributed by atoms with Crippen molar-refractivity contribution in [2.45, 2.75) is 32.2 Å². The van der Waals surface area contributed by atoms with Gasteiger partial charge in [0.25, 0.3) is 5.91 Å². The zero-order valence-electron chi connectivity index (χ0n) is 18.1. The maximum absolute atomic E-state index is 12.8. The third-order valence-corrected chi connectivity index (χ3v) is 6.29. The molecular formula is C26H28N2O3. The van der Waals surface area contributed by atoms with Gasteiger partial charge in [0.05, 0.1) is 0 Å². The van der Waals surface area contributed by atoms with Crippen LogP contribution in [-0.4, -0.2) is 43.6 Å². The summed E-state index contributed by atoms with van der Waals surface area (Å²) in [5.41, 5.74) is 4.77. The monoisotopic (exact) mass is 416 g/mol. The summed E-state index contributed by atoms with van der Waals surface area (Å²) < 4.78 is 12.1. The van der Waals surface area contributed by atoms with E-state index in [1.54, 1.807) is 0 Å². The van der Waals surface area contributed by atoms with E-state index in [1.165, 1.54) is 11.1 Å². The molecule has 0 atom stereocenters. The summed E-state index contributed by atoms with van der Waals surface area (Å²) in [5, 5.41) is 4.24. The van der Waals surface area contributed by atoms with Crippen LogP contribution in [0.1, 0.15) is 35.7 Å². The fourth-order valence-corrected chi connectivity index (χ4v) is 4.32. The number of furan rings is 1. The van der Waals surface area contributed by atoms with Gasteiger partial charge < -0.3 is 19.4 Å². The molecule has 0 bridgehead atoms. The summed E-state index contributed by atoms with van der Waals surface area (Å²) in [7, 11) is 2.12. The first kappa shape index (κ1) is 19.9. The van der Waals surface area contributed by atoms with E-state index in [2.05, 4.69) is 36.3 Å². The first-order valence-corrected chi connectivity index (χ1v) is 11.0. The van der Waals surface area contributed by atoms with Crippen LogP contribution in [0.2, 0.25) is 0 Å². The zero-order valence-corrected chi connectivity index (χ0v) is 18.1. The first-order valence-electron chi connectivity index (χ1n) is 11.0. The number of allylic oxidation sites excluding steroid dienone is 1. The normalized spacial score (nSPS) is 17.5. The van der Waals surface area contributed by atoms with Gasteiger partial charge in [-0.2, -0.15) is 0 Å². The molecule has 1 amide bonds. The molecule has 0 spiro atoms. The summed E-state index contributed by atoms with van der Waals surface area (Å²) in [6.07, 6.45) is 5.06. The molecule has 2 aromatic carbocycles. The lowest BCUT2D eigenvalue weighted by Gasteiger charge is -2.29. The van der Waals surface area contributed by atoms with Crippen LogP contribution >= 0.6 is 0 Å². The number of likely N-dealkylation sites (tertiary alicyclic amines) is 1. The fraction of sp³-hybridized carbons (Fsp3) is 0.346. The summed E-state index contributed by atoms with van der Waals surface area (Å²) in [5.74, 6) is 1.62. The summed E-state index contributed by atoms with van der Waals surface area (Å²) >= 11 is 0. The number of amides is 1. The number of carbonyl (C=O) groups is 1. The number of rotatable bonds is 3. The van der Waals surface area contributed by atoms with Crippen LogP contribution in [0, 0.1) is 0 Å². The van der Waals surface area contributed by atoms with Gasteiger partial charge in [-0.05, 0) is 81.7 Å². The number of benzene rings is 2. The molecule has 2 aliphatic heterocycles. The quantitative estimate of drug-likeness (QED) is 0.623. The minimum absolute atomic E-state index is 0.0187. The Morgan fingerprint density at radius 2 is 1.97 bits per heavy atom. The summed E-state index contributed by atoms with van der Waals surface area (Å²) in [6.45, 7) is 4.74. The van der Waals surface area contributed by atoms with Gasteiger partial charge in [0, 0.05) is 28.6 Å². The number of fused-ring (bicyclic) bond motifs is 2. The van der Waals surface area contributed by atoms with Gasteiger partial charge in [0.15, 0.2) is 0 Å². The van der Waals surface area contributed by atoms with Gasteiger partial charge in [-0.15, -0.1) is 0 Å². The van der Waals surface area contributed by atoms with Crippen molar-refractivity contribution in [2.24, 2.45) is 0 Å². The molecule has 2 aliphatic rings. The molecule has 1 N–H and O–H groups in total. The number of hydrogen-bond donors (Lipinski definition) is 1. The Morgan fingerprint density at radius 3 is 2.81 bits per heavy atom. The lowest BCUT2D eigenvalue weighted by molar-refractivity contribution is 0.0917. The van der Waals surface area contributed by atoms with E-state index >= 15 is 0 Å². The van der Waals surface area contributed by atoms with E-state index in [0.717, 1.165) is 60.4 Å². The molecule has 0 unspecified atom stereocenters. The third-order valence-electron chi connectivity index (χ3n) is 6.29. The molecule has 160 valence electrons. The molecule has 0 aliphatic carbocycles. The molecule has 5 heteroatoms. The lowest BCUT2D eigenvalue weighted by Crippen LogP contribution is -2.43. The van der Waals surface area contributed by atoms with Crippen molar-refractivity contribution in [1.82, 2.24) is 10.2 Å². The van der Waals surface area contributed by atoms with Crippen LogP contribution in [-0.2, 0) is 6.42 Å². The highest BCUT2D eigenvalue weighted by Crippen LogP contribution is 2.34. The molecule has 3 aromatic rings. The van der Waals surface area contributed by atoms with E-state index in [9.17, 15) is 4.79 Å². The molecule has 31 heavy (non-hydrogen) atoms. The van der Waals surface area contributed by atoms with Crippen LogP contribution in [0.15, 0.2) is 58.5 Å². The largest absolute Gasteiger partial charge is 0.489 e. The smallest absolute Gasteiger partial charge is 0.251 e. The number of nitrogens with one attached hydrogen (secondary N) is 1. The van der Waals surface area contributed by atoms with Crippen molar-refractivity contribution in [3.05, 3.63) is 65.2 Å². The molecule has 0 saturated carbocycles. The topological polar surface area (TPSA) is 54.7 Å². The molecule has 5 rings (SSSR count). The Kier molecular flexibility index (Phi) is 5.28. The molecule has 1 fully saturated rings. The average molecular weight is 417 g/mol. The number of piperidine rings is 1. The highest BCUT2D eigenvalue weighted by atomic mass is 16.5. The van der Waals surface area contributed by atoms with E-state index in [0.29, 0.717) is 12.2 Å². The van der Waals surface area contributed by atoms with Gasteiger partial charge in [-0.25, -0.2) is 0 Å². The molecule has 3 heterocycles. The Morgan fingerprint density at radius 1 is 1.13 bits per heavy atom. The van der Waals surface area contributed by atoms with E-state index in [-0.39, 0.29) is 11.9 Å². The second-order valence-corrected chi connectivity index (χ2v) is 8.78. The second kappa shape index (κ2) is 8.23. The maximum atomic E-state index is 12.8.